The molecule has 0 saturated heterocycles. The summed E-state index contributed by atoms with van der Waals surface area (Å²) in [5.74, 6) is 0.488. The topological polar surface area (TPSA) is 74.2 Å². The highest BCUT2D eigenvalue weighted by Crippen LogP contribution is 2.38. The summed E-state index contributed by atoms with van der Waals surface area (Å²) in [4.78, 5) is 12.5. The van der Waals surface area contributed by atoms with E-state index in [1.165, 1.54) is 7.11 Å². The Morgan fingerprint density at radius 1 is 0.844 bits per heavy atom. The smallest absolute Gasteiger partial charge is 0.338 e. The van der Waals surface area contributed by atoms with Crippen LogP contribution in [0.4, 0.5) is 0 Å². The summed E-state index contributed by atoms with van der Waals surface area (Å²) in [5.41, 5.74) is 0.824. The molecule has 3 rings (SSSR count). The number of carbonyl (C=O) groups excluding carboxylic acids is 1. The number of methoxy groups -OCH3 is 3. The SMILES string of the molecule is COC(=O)C(O)C(OCCc1ccc(OC)c(OC)c1)(c1ccccc1)c1ccccc1. The minimum absolute atomic E-state index is 0.229. The zero-order valence-corrected chi connectivity index (χ0v) is 18.5. The van der Waals surface area contributed by atoms with E-state index in [0.717, 1.165) is 5.56 Å². The van der Waals surface area contributed by atoms with E-state index in [9.17, 15) is 9.90 Å². The van der Waals surface area contributed by atoms with Crippen LogP contribution in [0.25, 0.3) is 0 Å². The van der Waals surface area contributed by atoms with Gasteiger partial charge >= 0.3 is 5.97 Å². The Morgan fingerprint density at radius 3 is 1.91 bits per heavy atom. The normalized spacial score (nSPS) is 12.1. The van der Waals surface area contributed by atoms with Crippen LogP contribution in [0, 0.1) is 0 Å². The Hall–Kier alpha value is -3.35. The zero-order chi connectivity index (χ0) is 23.0. The van der Waals surface area contributed by atoms with Gasteiger partial charge in [-0.15, -0.1) is 0 Å². The summed E-state index contributed by atoms with van der Waals surface area (Å²) < 4.78 is 22.0. The standard InChI is InChI=1S/C26H28O6/c1-29-22-15-14-19(18-23(22)30-2)16-17-32-26(24(27)25(28)31-3,20-10-6-4-7-11-20)21-12-8-5-9-13-21/h4-15,18,24,27H,16-17H2,1-3H3. The molecule has 6 nitrogen and oxygen atoms in total. The number of rotatable bonds is 10. The second-order valence-corrected chi connectivity index (χ2v) is 7.18. The van der Waals surface area contributed by atoms with Gasteiger partial charge in [0.15, 0.2) is 23.2 Å². The van der Waals surface area contributed by atoms with Gasteiger partial charge in [0, 0.05) is 0 Å². The Kier molecular flexibility index (Phi) is 7.87. The quantitative estimate of drug-likeness (QED) is 0.488. The van der Waals surface area contributed by atoms with Crippen LogP contribution in [0.5, 0.6) is 11.5 Å². The lowest BCUT2D eigenvalue weighted by Crippen LogP contribution is -2.48. The van der Waals surface area contributed by atoms with E-state index >= 15 is 0 Å². The van der Waals surface area contributed by atoms with Crippen LogP contribution in [-0.2, 0) is 26.3 Å². The van der Waals surface area contributed by atoms with E-state index in [4.69, 9.17) is 18.9 Å². The van der Waals surface area contributed by atoms with Crippen LogP contribution in [0.15, 0.2) is 78.9 Å². The lowest BCUT2D eigenvalue weighted by molar-refractivity contribution is -0.170. The number of ether oxygens (including phenoxy) is 4. The number of benzene rings is 3. The first-order chi connectivity index (χ1) is 15.6. The Labute approximate surface area is 188 Å². The van der Waals surface area contributed by atoms with Crippen molar-refractivity contribution in [3.05, 3.63) is 95.6 Å². The molecule has 0 spiro atoms. The first-order valence-electron chi connectivity index (χ1n) is 10.3. The molecule has 0 radical (unpaired) electrons. The van der Waals surface area contributed by atoms with Gasteiger partial charge in [0.2, 0.25) is 0 Å². The number of carbonyl (C=O) groups is 1. The molecule has 3 aromatic rings. The van der Waals surface area contributed by atoms with Crippen molar-refractivity contribution in [1.29, 1.82) is 0 Å². The molecule has 0 aromatic heterocycles. The van der Waals surface area contributed by atoms with Crippen molar-refractivity contribution in [2.45, 2.75) is 18.1 Å². The highest BCUT2D eigenvalue weighted by Gasteiger charge is 2.47. The molecule has 6 heteroatoms. The Bertz CT molecular complexity index is 964. The van der Waals surface area contributed by atoms with Gasteiger partial charge in [0.1, 0.15) is 0 Å². The highest BCUT2D eigenvalue weighted by molar-refractivity contribution is 5.77. The van der Waals surface area contributed by atoms with Crippen LogP contribution < -0.4 is 9.47 Å². The largest absolute Gasteiger partial charge is 0.493 e. The molecule has 1 unspecified atom stereocenters. The molecule has 0 saturated carbocycles. The second kappa shape index (κ2) is 10.8. The van der Waals surface area contributed by atoms with Crippen molar-refractivity contribution >= 4 is 5.97 Å². The lowest BCUT2D eigenvalue weighted by atomic mass is 9.81. The van der Waals surface area contributed by atoms with E-state index in [2.05, 4.69) is 0 Å². The first-order valence-corrected chi connectivity index (χ1v) is 10.3. The van der Waals surface area contributed by atoms with E-state index < -0.39 is 17.7 Å². The molecule has 1 atom stereocenters. The summed E-state index contributed by atoms with van der Waals surface area (Å²) in [6.07, 6.45) is -1.04. The van der Waals surface area contributed by atoms with Crippen molar-refractivity contribution in [2.75, 3.05) is 27.9 Å². The number of hydrogen-bond acceptors (Lipinski definition) is 6. The fourth-order valence-corrected chi connectivity index (χ4v) is 3.74. The van der Waals surface area contributed by atoms with Crippen molar-refractivity contribution < 1.29 is 28.8 Å². The summed E-state index contributed by atoms with van der Waals surface area (Å²) in [5, 5.41) is 11.1. The van der Waals surface area contributed by atoms with E-state index in [0.29, 0.717) is 29.0 Å². The number of aliphatic hydroxyl groups excluding tert-OH is 1. The summed E-state index contributed by atoms with van der Waals surface area (Å²) in [7, 11) is 4.42. The maximum absolute atomic E-state index is 12.5. The molecule has 0 fully saturated rings. The zero-order valence-electron chi connectivity index (χ0n) is 18.5. The number of hydrogen-bond donors (Lipinski definition) is 1. The molecule has 0 aliphatic heterocycles. The first kappa shape index (κ1) is 23.3. The van der Waals surface area contributed by atoms with Crippen molar-refractivity contribution in [3.63, 3.8) is 0 Å². The highest BCUT2D eigenvalue weighted by atomic mass is 16.6. The van der Waals surface area contributed by atoms with Gasteiger partial charge in [-0.2, -0.15) is 0 Å². The summed E-state index contributed by atoms with van der Waals surface area (Å²) in [6, 6.07) is 24.1. The van der Waals surface area contributed by atoms with Crippen LogP contribution in [0.2, 0.25) is 0 Å². The molecule has 3 aromatic carbocycles. The van der Waals surface area contributed by atoms with E-state index in [1.807, 2.05) is 78.9 Å². The van der Waals surface area contributed by atoms with Gasteiger partial charge < -0.3 is 24.1 Å². The number of aliphatic hydroxyl groups is 1. The molecule has 0 aliphatic rings. The molecular formula is C26H28O6. The van der Waals surface area contributed by atoms with Gasteiger partial charge in [0.25, 0.3) is 0 Å². The molecule has 0 aliphatic carbocycles. The van der Waals surface area contributed by atoms with E-state index in [1.54, 1.807) is 14.2 Å². The van der Waals surface area contributed by atoms with Crippen molar-refractivity contribution in [2.24, 2.45) is 0 Å². The molecule has 0 heterocycles. The maximum atomic E-state index is 12.5. The monoisotopic (exact) mass is 436 g/mol. The Morgan fingerprint density at radius 2 is 1.41 bits per heavy atom. The van der Waals surface area contributed by atoms with Crippen LogP contribution in [-0.4, -0.2) is 45.1 Å². The average molecular weight is 437 g/mol. The third-order valence-electron chi connectivity index (χ3n) is 5.38. The minimum atomic E-state index is -1.57. The maximum Gasteiger partial charge on any atom is 0.338 e. The average Bonchev–Trinajstić information content (AvgIpc) is 2.86. The van der Waals surface area contributed by atoms with Crippen molar-refractivity contribution in [1.82, 2.24) is 0 Å². The van der Waals surface area contributed by atoms with Gasteiger partial charge in [0.05, 0.1) is 27.9 Å². The third kappa shape index (κ3) is 4.77. The van der Waals surface area contributed by atoms with E-state index in [-0.39, 0.29) is 6.61 Å². The molecule has 168 valence electrons. The summed E-state index contributed by atoms with van der Waals surface area (Å²) >= 11 is 0. The fraction of sp³-hybridized carbons (Fsp3) is 0.269. The third-order valence-corrected chi connectivity index (χ3v) is 5.38. The lowest BCUT2D eigenvalue weighted by Gasteiger charge is -2.37. The molecule has 0 bridgehead atoms. The molecule has 32 heavy (non-hydrogen) atoms. The summed E-state index contributed by atoms with van der Waals surface area (Å²) in [6.45, 7) is 0.229. The molecule has 1 N–H and O–H groups in total. The predicted molar refractivity (Wildman–Crippen MR) is 121 cm³/mol. The van der Waals surface area contributed by atoms with Crippen LogP contribution >= 0.6 is 0 Å². The van der Waals surface area contributed by atoms with Gasteiger partial charge in [-0.3, -0.25) is 0 Å². The fourth-order valence-electron chi connectivity index (χ4n) is 3.74. The van der Waals surface area contributed by atoms with Crippen LogP contribution in [0.1, 0.15) is 16.7 Å². The molecule has 0 amide bonds. The molecular weight excluding hydrogens is 408 g/mol. The van der Waals surface area contributed by atoms with Gasteiger partial charge in [-0.05, 0) is 35.2 Å². The van der Waals surface area contributed by atoms with Gasteiger partial charge in [-0.25, -0.2) is 4.79 Å². The van der Waals surface area contributed by atoms with Gasteiger partial charge in [-0.1, -0.05) is 66.7 Å². The second-order valence-electron chi connectivity index (χ2n) is 7.18. The van der Waals surface area contributed by atoms with Crippen LogP contribution in [0.3, 0.4) is 0 Å². The number of esters is 1. The minimum Gasteiger partial charge on any atom is -0.493 e. The van der Waals surface area contributed by atoms with Crippen molar-refractivity contribution in [3.8, 4) is 11.5 Å². The predicted octanol–water partition coefficient (Wildman–Crippen LogP) is 3.74. The Balaban J connectivity index is 1.98.